The number of thioether (sulfide) groups is 1. The summed E-state index contributed by atoms with van der Waals surface area (Å²) in [4.78, 5) is 17.1. The Morgan fingerprint density at radius 3 is 2.72 bits per heavy atom. The molecule has 0 aliphatic heterocycles. The Morgan fingerprint density at radius 1 is 1.06 bits per heavy atom. The summed E-state index contributed by atoms with van der Waals surface area (Å²) < 4.78 is 8.01. The molecule has 36 heavy (non-hydrogen) atoms. The molecule has 1 amide bonds. The average Bonchev–Trinajstić information content (AvgIpc) is 3.54. The molecule has 0 fully saturated rings. The Hall–Kier alpha value is -3.95. The summed E-state index contributed by atoms with van der Waals surface area (Å²) >= 11 is 2.71. The van der Waals surface area contributed by atoms with E-state index in [4.69, 9.17) is 4.74 Å². The third-order valence-electron chi connectivity index (χ3n) is 5.36. The van der Waals surface area contributed by atoms with Gasteiger partial charge in [-0.2, -0.15) is 0 Å². The Morgan fingerprint density at radius 2 is 1.86 bits per heavy atom. The smallest absolute Gasteiger partial charge is 0.236 e. The third kappa shape index (κ3) is 5.48. The predicted molar refractivity (Wildman–Crippen MR) is 145 cm³/mol. The van der Waals surface area contributed by atoms with Gasteiger partial charge in [0, 0.05) is 22.9 Å². The molecular weight excluding hydrogens is 490 g/mol. The number of nitrogens with zero attached hydrogens (tertiary/aromatic N) is 4. The Bertz CT molecular complexity index is 1490. The molecule has 0 aliphatic carbocycles. The first-order chi connectivity index (χ1) is 17.7. The highest BCUT2D eigenvalue weighted by Gasteiger charge is 2.15. The number of nitrogens with one attached hydrogen (secondary N) is 1. The minimum atomic E-state index is -0.157. The van der Waals surface area contributed by atoms with E-state index in [2.05, 4.69) is 39.2 Å². The number of carbonyl (C=O) groups excluding carboxylic acids is 1. The van der Waals surface area contributed by atoms with Crippen LogP contribution in [0.3, 0.4) is 0 Å². The predicted octanol–water partition coefficient (Wildman–Crippen LogP) is 6.05. The molecule has 0 spiro atoms. The van der Waals surface area contributed by atoms with E-state index in [1.54, 1.807) is 6.08 Å². The zero-order chi connectivity index (χ0) is 24.7. The number of fused-ring (bicyclic) bond motifs is 1. The number of hydrogen-bond acceptors (Lipinski definition) is 7. The summed E-state index contributed by atoms with van der Waals surface area (Å²) in [6, 6.07) is 23.9. The maximum atomic E-state index is 12.6. The summed E-state index contributed by atoms with van der Waals surface area (Å²) in [7, 11) is 0. The van der Waals surface area contributed by atoms with Crippen LogP contribution < -0.4 is 10.1 Å². The largest absolute Gasteiger partial charge is 0.485 e. The van der Waals surface area contributed by atoms with Crippen LogP contribution >= 0.6 is 23.1 Å². The van der Waals surface area contributed by atoms with Gasteiger partial charge in [-0.05, 0) is 11.5 Å². The van der Waals surface area contributed by atoms with Crippen molar-refractivity contribution in [2.24, 2.45) is 0 Å². The van der Waals surface area contributed by atoms with E-state index in [1.165, 1.54) is 23.1 Å². The maximum absolute atomic E-state index is 12.6. The van der Waals surface area contributed by atoms with Gasteiger partial charge in [-0.15, -0.1) is 28.1 Å². The van der Waals surface area contributed by atoms with E-state index in [1.807, 2.05) is 70.6 Å². The number of anilines is 1. The van der Waals surface area contributed by atoms with Gasteiger partial charge in [0.25, 0.3) is 0 Å². The van der Waals surface area contributed by atoms with E-state index in [0.717, 1.165) is 27.8 Å². The standard InChI is InChI=1S/C27H23N5O2S2/c1-2-15-32-24(16-34-23-14-8-12-19-9-6-7-13-21(19)23)30-31-27(32)36-18-25(33)29-26-28-22(17-35-26)20-10-4-3-5-11-20/h2-14,17H,1,15-16,18H2,(H,28,29,33). The summed E-state index contributed by atoms with van der Waals surface area (Å²) in [6.07, 6.45) is 1.77. The second-order valence-electron chi connectivity index (χ2n) is 7.80. The van der Waals surface area contributed by atoms with Crippen LogP contribution in [0.25, 0.3) is 22.0 Å². The van der Waals surface area contributed by atoms with Crippen LogP contribution in [0.15, 0.2) is 96.0 Å². The van der Waals surface area contributed by atoms with Crippen LogP contribution in [0, 0.1) is 0 Å². The number of allylic oxidation sites excluding steroid dienone is 1. The molecular formula is C27H23N5O2S2. The second-order valence-corrected chi connectivity index (χ2v) is 9.61. The van der Waals surface area contributed by atoms with Crippen LogP contribution in [0.5, 0.6) is 5.75 Å². The van der Waals surface area contributed by atoms with Crippen molar-refractivity contribution in [1.82, 2.24) is 19.7 Å². The lowest BCUT2D eigenvalue weighted by Gasteiger charge is -2.11. The molecule has 5 rings (SSSR count). The number of hydrogen-bond donors (Lipinski definition) is 1. The first-order valence-corrected chi connectivity index (χ1v) is 13.1. The second kappa shape index (κ2) is 11.2. The van der Waals surface area contributed by atoms with E-state index in [9.17, 15) is 4.79 Å². The van der Waals surface area contributed by atoms with E-state index >= 15 is 0 Å². The van der Waals surface area contributed by atoms with Crippen LogP contribution in [0.4, 0.5) is 5.13 Å². The van der Waals surface area contributed by atoms with Crippen molar-refractivity contribution in [3.05, 3.63) is 96.7 Å². The number of aromatic nitrogens is 4. The van der Waals surface area contributed by atoms with E-state index < -0.39 is 0 Å². The zero-order valence-corrected chi connectivity index (χ0v) is 21.0. The van der Waals surface area contributed by atoms with Crippen molar-refractivity contribution >= 4 is 44.9 Å². The number of thiazole rings is 1. The molecule has 5 aromatic rings. The molecule has 3 aromatic carbocycles. The molecule has 7 nitrogen and oxygen atoms in total. The molecule has 0 bridgehead atoms. The van der Waals surface area contributed by atoms with Gasteiger partial charge in [-0.3, -0.25) is 9.36 Å². The molecule has 2 aromatic heterocycles. The van der Waals surface area contributed by atoms with E-state index in [-0.39, 0.29) is 18.3 Å². The number of ether oxygens (including phenoxy) is 1. The van der Waals surface area contributed by atoms with Gasteiger partial charge in [0.15, 0.2) is 16.1 Å². The van der Waals surface area contributed by atoms with Crippen LogP contribution in [0.2, 0.25) is 0 Å². The molecule has 180 valence electrons. The normalized spacial score (nSPS) is 10.9. The summed E-state index contributed by atoms with van der Waals surface area (Å²) in [6.45, 7) is 4.61. The van der Waals surface area contributed by atoms with Gasteiger partial charge in [-0.1, -0.05) is 84.6 Å². The van der Waals surface area contributed by atoms with Gasteiger partial charge in [0.1, 0.15) is 12.4 Å². The summed E-state index contributed by atoms with van der Waals surface area (Å²) in [5.41, 5.74) is 1.85. The lowest BCUT2D eigenvalue weighted by atomic mass is 10.1. The molecule has 2 heterocycles. The van der Waals surface area contributed by atoms with Gasteiger partial charge in [-0.25, -0.2) is 4.98 Å². The van der Waals surface area contributed by atoms with Crippen LogP contribution in [0.1, 0.15) is 5.82 Å². The van der Waals surface area contributed by atoms with E-state index in [0.29, 0.717) is 22.7 Å². The molecule has 0 saturated carbocycles. The number of carbonyl (C=O) groups is 1. The monoisotopic (exact) mass is 513 g/mol. The van der Waals surface area contributed by atoms with Crippen molar-refractivity contribution in [3.63, 3.8) is 0 Å². The first kappa shape index (κ1) is 23.8. The van der Waals surface area contributed by atoms with Crippen molar-refractivity contribution in [1.29, 1.82) is 0 Å². The van der Waals surface area contributed by atoms with Crippen LogP contribution in [-0.4, -0.2) is 31.4 Å². The van der Waals surface area contributed by atoms with Crippen molar-refractivity contribution in [2.75, 3.05) is 11.1 Å². The maximum Gasteiger partial charge on any atom is 0.236 e. The fourth-order valence-corrected chi connectivity index (χ4v) is 5.17. The molecule has 0 atom stereocenters. The average molecular weight is 514 g/mol. The quantitative estimate of drug-likeness (QED) is 0.181. The molecule has 0 radical (unpaired) electrons. The fraction of sp³-hybridized carbons (Fsp3) is 0.111. The Balaban J connectivity index is 1.22. The topological polar surface area (TPSA) is 81.9 Å². The summed E-state index contributed by atoms with van der Waals surface area (Å²) in [5, 5.41) is 16.7. The number of amides is 1. The SMILES string of the molecule is C=CCn1c(COc2cccc3ccccc23)nnc1SCC(=O)Nc1nc(-c2ccccc2)cs1. The molecule has 0 saturated heterocycles. The highest BCUT2D eigenvalue weighted by molar-refractivity contribution is 7.99. The van der Waals surface area contributed by atoms with Crippen molar-refractivity contribution < 1.29 is 9.53 Å². The molecule has 0 aliphatic rings. The molecule has 1 N–H and O–H groups in total. The minimum Gasteiger partial charge on any atom is -0.485 e. The number of benzene rings is 3. The lowest BCUT2D eigenvalue weighted by Crippen LogP contribution is -2.15. The van der Waals surface area contributed by atoms with Gasteiger partial charge in [0.05, 0.1) is 11.4 Å². The lowest BCUT2D eigenvalue weighted by molar-refractivity contribution is -0.113. The van der Waals surface area contributed by atoms with Crippen LogP contribution in [-0.2, 0) is 17.9 Å². The van der Waals surface area contributed by atoms with Gasteiger partial charge >= 0.3 is 0 Å². The summed E-state index contributed by atoms with van der Waals surface area (Å²) in [5.74, 6) is 1.47. The Kier molecular flexibility index (Phi) is 7.39. The van der Waals surface area contributed by atoms with Gasteiger partial charge in [0.2, 0.25) is 5.91 Å². The highest BCUT2D eigenvalue weighted by Crippen LogP contribution is 2.27. The highest BCUT2D eigenvalue weighted by atomic mass is 32.2. The zero-order valence-electron chi connectivity index (χ0n) is 19.3. The van der Waals surface area contributed by atoms with Crippen molar-refractivity contribution in [3.8, 4) is 17.0 Å². The van der Waals surface area contributed by atoms with Crippen molar-refractivity contribution in [2.45, 2.75) is 18.3 Å². The molecule has 0 unspecified atom stereocenters. The fourth-order valence-electron chi connectivity index (χ4n) is 3.67. The first-order valence-electron chi connectivity index (χ1n) is 11.3. The third-order valence-corrected chi connectivity index (χ3v) is 7.09. The minimum absolute atomic E-state index is 0.157. The van der Waals surface area contributed by atoms with Gasteiger partial charge < -0.3 is 10.1 Å². The molecule has 9 heteroatoms. The number of rotatable bonds is 10. The Labute approximate surface area is 216 Å².